The van der Waals surface area contributed by atoms with E-state index in [9.17, 15) is 14.4 Å². The molecule has 0 aliphatic heterocycles. The first-order valence-corrected chi connectivity index (χ1v) is 5.51. The van der Waals surface area contributed by atoms with Gasteiger partial charge in [0.2, 0.25) is 11.7 Å². The number of amides is 2. The van der Waals surface area contributed by atoms with E-state index in [2.05, 4.69) is 22.5 Å². The molecular formula is C11H19N3O3. The summed E-state index contributed by atoms with van der Waals surface area (Å²) in [4.78, 5) is 33.3. The van der Waals surface area contributed by atoms with E-state index in [1.807, 2.05) is 6.92 Å². The summed E-state index contributed by atoms with van der Waals surface area (Å²) in [5.74, 6) is -1.30. The van der Waals surface area contributed by atoms with Gasteiger partial charge in [0.15, 0.2) is 0 Å². The van der Waals surface area contributed by atoms with Gasteiger partial charge in [0, 0.05) is 19.5 Å². The lowest BCUT2D eigenvalue weighted by Crippen LogP contribution is -2.40. The van der Waals surface area contributed by atoms with Crippen LogP contribution in [-0.4, -0.2) is 43.8 Å². The third-order valence-electron chi connectivity index (χ3n) is 1.85. The Labute approximate surface area is 101 Å². The number of hydrogen-bond acceptors (Lipinski definition) is 4. The first-order valence-electron chi connectivity index (χ1n) is 5.51. The first kappa shape index (κ1) is 15.3. The van der Waals surface area contributed by atoms with Gasteiger partial charge in [-0.05, 0) is 6.54 Å². The Balaban J connectivity index is 3.60. The van der Waals surface area contributed by atoms with E-state index in [0.29, 0.717) is 13.1 Å². The molecule has 6 nitrogen and oxygen atoms in total. The Morgan fingerprint density at radius 2 is 1.82 bits per heavy atom. The topological polar surface area (TPSA) is 87.3 Å². The molecule has 0 aliphatic rings. The van der Waals surface area contributed by atoms with Crippen molar-refractivity contribution in [2.45, 2.75) is 13.3 Å². The zero-order valence-corrected chi connectivity index (χ0v) is 10.0. The quantitative estimate of drug-likeness (QED) is 0.274. The second kappa shape index (κ2) is 9.53. The van der Waals surface area contributed by atoms with Gasteiger partial charge in [0.05, 0.1) is 6.54 Å². The van der Waals surface area contributed by atoms with Crippen LogP contribution in [0, 0.1) is 0 Å². The molecule has 0 heterocycles. The Kier molecular flexibility index (Phi) is 8.58. The van der Waals surface area contributed by atoms with Crippen molar-refractivity contribution in [2.24, 2.45) is 0 Å². The average molecular weight is 241 g/mol. The van der Waals surface area contributed by atoms with Crippen LogP contribution in [0.1, 0.15) is 13.3 Å². The van der Waals surface area contributed by atoms with Crippen LogP contribution in [0.4, 0.5) is 0 Å². The highest BCUT2D eigenvalue weighted by atomic mass is 16.2. The van der Waals surface area contributed by atoms with Crippen LogP contribution in [0.5, 0.6) is 0 Å². The molecule has 0 spiro atoms. The number of carbonyl (C=O) groups excluding carboxylic acids is 3. The minimum atomic E-state index is -0.635. The SMILES string of the molecule is C=CCC(=O)NCCNC(=O)C(=O)CNCC. The molecule has 0 bridgehead atoms. The van der Waals surface area contributed by atoms with Crippen LogP contribution in [0.15, 0.2) is 12.7 Å². The molecule has 0 fully saturated rings. The van der Waals surface area contributed by atoms with Crippen LogP contribution in [0.3, 0.4) is 0 Å². The molecular weight excluding hydrogens is 222 g/mol. The summed E-state index contributed by atoms with van der Waals surface area (Å²) in [6, 6.07) is 0. The van der Waals surface area contributed by atoms with Gasteiger partial charge < -0.3 is 16.0 Å². The van der Waals surface area contributed by atoms with Crippen molar-refractivity contribution in [2.75, 3.05) is 26.2 Å². The van der Waals surface area contributed by atoms with Crippen molar-refractivity contribution in [1.82, 2.24) is 16.0 Å². The molecule has 3 N–H and O–H groups in total. The van der Waals surface area contributed by atoms with E-state index in [-0.39, 0.29) is 25.4 Å². The van der Waals surface area contributed by atoms with Gasteiger partial charge in [-0.25, -0.2) is 0 Å². The van der Waals surface area contributed by atoms with Gasteiger partial charge in [-0.15, -0.1) is 6.58 Å². The van der Waals surface area contributed by atoms with E-state index < -0.39 is 11.7 Å². The average Bonchev–Trinajstić information content (AvgIpc) is 2.31. The smallest absolute Gasteiger partial charge is 0.288 e. The highest BCUT2D eigenvalue weighted by molar-refractivity contribution is 6.36. The predicted octanol–water partition coefficient (Wildman–Crippen LogP) is -1.03. The van der Waals surface area contributed by atoms with Crippen molar-refractivity contribution in [3.8, 4) is 0 Å². The maximum absolute atomic E-state index is 11.2. The zero-order valence-electron chi connectivity index (χ0n) is 10.0. The van der Waals surface area contributed by atoms with Gasteiger partial charge in [0.1, 0.15) is 0 Å². The Bertz CT molecular complexity index is 290. The second-order valence-electron chi connectivity index (χ2n) is 3.30. The highest BCUT2D eigenvalue weighted by Gasteiger charge is 2.11. The van der Waals surface area contributed by atoms with E-state index in [0.717, 1.165) is 0 Å². The van der Waals surface area contributed by atoms with E-state index in [1.54, 1.807) is 0 Å². The van der Waals surface area contributed by atoms with Gasteiger partial charge >= 0.3 is 0 Å². The van der Waals surface area contributed by atoms with E-state index in [4.69, 9.17) is 0 Å². The molecule has 6 heteroatoms. The molecule has 0 radical (unpaired) electrons. The van der Waals surface area contributed by atoms with Crippen LogP contribution < -0.4 is 16.0 Å². The fourth-order valence-corrected chi connectivity index (χ4v) is 0.999. The number of carbonyl (C=O) groups is 3. The molecule has 0 aromatic rings. The summed E-state index contributed by atoms with van der Waals surface area (Å²) in [6.07, 6.45) is 1.74. The van der Waals surface area contributed by atoms with Crippen molar-refractivity contribution < 1.29 is 14.4 Å². The number of likely N-dealkylation sites (N-methyl/N-ethyl adjacent to an activating group) is 1. The summed E-state index contributed by atoms with van der Waals surface area (Å²) in [5, 5.41) is 7.75. The molecule has 0 aromatic heterocycles. The second-order valence-corrected chi connectivity index (χ2v) is 3.30. The Morgan fingerprint density at radius 3 is 2.41 bits per heavy atom. The number of hydrogen-bond donors (Lipinski definition) is 3. The van der Waals surface area contributed by atoms with Gasteiger partial charge in [-0.3, -0.25) is 14.4 Å². The van der Waals surface area contributed by atoms with Gasteiger partial charge in [0.25, 0.3) is 5.91 Å². The summed E-state index contributed by atoms with van der Waals surface area (Å²) >= 11 is 0. The summed E-state index contributed by atoms with van der Waals surface area (Å²) < 4.78 is 0. The van der Waals surface area contributed by atoms with Gasteiger partial charge in [-0.2, -0.15) is 0 Å². The molecule has 96 valence electrons. The largest absolute Gasteiger partial charge is 0.354 e. The molecule has 0 atom stereocenters. The first-order chi connectivity index (χ1) is 8.11. The lowest BCUT2D eigenvalue weighted by atomic mass is 10.3. The minimum absolute atomic E-state index is 0.0329. The third-order valence-corrected chi connectivity index (χ3v) is 1.85. The number of rotatable bonds is 9. The maximum atomic E-state index is 11.2. The Morgan fingerprint density at radius 1 is 1.18 bits per heavy atom. The Hall–Kier alpha value is -1.69. The number of Topliss-reactive ketones (excluding diaryl/α,β-unsaturated/α-hetero) is 1. The molecule has 0 saturated heterocycles. The highest BCUT2D eigenvalue weighted by Crippen LogP contribution is 1.78. The fourth-order valence-electron chi connectivity index (χ4n) is 0.999. The monoisotopic (exact) mass is 241 g/mol. The number of ketones is 1. The fraction of sp³-hybridized carbons (Fsp3) is 0.545. The molecule has 0 rings (SSSR count). The van der Waals surface area contributed by atoms with Gasteiger partial charge in [-0.1, -0.05) is 13.0 Å². The van der Waals surface area contributed by atoms with Crippen LogP contribution in [0.25, 0.3) is 0 Å². The van der Waals surface area contributed by atoms with Crippen LogP contribution in [-0.2, 0) is 14.4 Å². The van der Waals surface area contributed by atoms with Crippen molar-refractivity contribution >= 4 is 17.6 Å². The van der Waals surface area contributed by atoms with Crippen molar-refractivity contribution in [3.05, 3.63) is 12.7 Å². The lowest BCUT2D eigenvalue weighted by molar-refractivity contribution is -0.137. The molecule has 2 amide bonds. The van der Waals surface area contributed by atoms with Crippen LogP contribution in [0.2, 0.25) is 0 Å². The molecule has 0 aliphatic carbocycles. The van der Waals surface area contributed by atoms with Crippen molar-refractivity contribution in [1.29, 1.82) is 0 Å². The van der Waals surface area contributed by atoms with E-state index >= 15 is 0 Å². The summed E-state index contributed by atoms with van der Waals surface area (Å²) in [5.41, 5.74) is 0. The van der Waals surface area contributed by atoms with Crippen molar-refractivity contribution in [3.63, 3.8) is 0 Å². The zero-order chi connectivity index (χ0) is 13.1. The maximum Gasteiger partial charge on any atom is 0.288 e. The lowest BCUT2D eigenvalue weighted by Gasteiger charge is -2.05. The summed E-state index contributed by atoms with van der Waals surface area (Å²) in [7, 11) is 0. The summed E-state index contributed by atoms with van der Waals surface area (Å²) in [6.45, 7) is 6.48. The standard InChI is InChI=1S/C11H19N3O3/c1-3-5-10(16)13-6-7-14-11(17)9(15)8-12-4-2/h3,12H,1,4-8H2,2H3,(H,13,16)(H,14,17). The van der Waals surface area contributed by atoms with Crippen LogP contribution >= 0.6 is 0 Å². The molecule has 17 heavy (non-hydrogen) atoms. The number of nitrogens with one attached hydrogen (secondary N) is 3. The predicted molar refractivity (Wildman–Crippen MR) is 64.4 cm³/mol. The normalized spacial score (nSPS) is 9.47. The molecule has 0 saturated carbocycles. The molecule has 0 unspecified atom stereocenters. The minimum Gasteiger partial charge on any atom is -0.354 e. The van der Waals surface area contributed by atoms with E-state index in [1.165, 1.54) is 6.08 Å². The third kappa shape index (κ3) is 8.15. The molecule has 0 aromatic carbocycles.